The zero-order valence-corrected chi connectivity index (χ0v) is 13.6. The third kappa shape index (κ3) is 3.84. The molecule has 0 aliphatic rings. The predicted octanol–water partition coefficient (Wildman–Crippen LogP) is 4.56. The molecule has 4 nitrogen and oxygen atoms in total. The number of pyridine rings is 2. The van der Waals surface area contributed by atoms with Crippen LogP contribution in [-0.4, -0.2) is 15.9 Å². The minimum Gasteiger partial charge on any atom is -0.305 e. The second kappa shape index (κ2) is 6.60. The van der Waals surface area contributed by atoms with Gasteiger partial charge in [-0.05, 0) is 31.5 Å². The van der Waals surface area contributed by atoms with Gasteiger partial charge in [0.15, 0.2) is 5.82 Å². The van der Waals surface area contributed by atoms with Crippen molar-refractivity contribution in [2.24, 2.45) is 0 Å². The highest BCUT2D eigenvalue weighted by Gasteiger charge is 2.13. The summed E-state index contributed by atoms with van der Waals surface area (Å²) < 4.78 is 0. The first kappa shape index (κ1) is 16.0. The van der Waals surface area contributed by atoms with Gasteiger partial charge < -0.3 is 5.32 Å². The zero-order valence-electron chi connectivity index (χ0n) is 11.4. The summed E-state index contributed by atoms with van der Waals surface area (Å²) in [4.78, 5) is 20.5. The fraction of sp³-hybridized carbons (Fsp3) is 0.214. The Balaban J connectivity index is 2.30. The lowest BCUT2D eigenvalue weighted by Gasteiger charge is -2.09. The van der Waals surface area contributed by atoms with Crippen molar-refractivity contribution in [2.45, 2.75) is 20.3 Å². The van der Waals surface area contributed by atoms with Crippen molar-refractivity contribution in [3.63, 3.8) is 0 Å². The van der Waals surface area contributed by atoms with Crippen LogP contribution < -0.4 is 5.32 Å². The van der Waals surface area contributed by atoms with Crippen molar-refractivity contribution in [3.8, 4) is 0 Å². The van der Waals surface area contributed by atoms with Crippen LogP contribution >= 0.6 is 34.8 Å². The first-order chi connectivity index (χ1) is 9.90. The fourth-order valence-electron chi connectivity index (χ4n) is 1.69. The summed E-state index contributed by atoms with van der Waals surface area (Å²) in [5, 5.41) is 3.63. The third-order valence-electron chi connectivity index (χ3n) is 2.81. The van der Waals surface area contributed by atoms with Gasteiger partial charge in [0.1, 0.15) is 5.15 Å². The molecule has 0 unspecified atom stereocenters. The Labute approximate surface area is 137 Å². The topological polar surface area (TPSA) is 54.9 Å². The monoisotopic (exact) mass is 343 g/mol. The predicted molar refractivity (Wildman–Crippen MR) is 85.6 cm³/mol. The van der Waals surface area contributed by atoms with Gasteiger partial charge in [-0.3, -0.25) is 4.79 Å². The molecular weight excluding hydrogens is 333 g/mol. The van der Waals surface area contributed by atoms with E-state index in [1.807, 2.05) is 6.92 Å². The van der Waals surface area contributed by atoms with E-state index in [1.54, 1.807) is 13.0 Å². The molecule has 0 atom stereocenters. The third-order valence-corrected chi connectivity index (χ3v) is 3.67. The van der Waals surface area contributed by atoms with E-state index in [4.69, 9.17) is 34.8 Å². The van der Waals surface area contributed by atoms with E-state index >= 15 is 0 Å². The second-order valence-corrected chi connectivity index (χ2v) is 5.57. The first-order valence-corrected chi connectivity index (χ1v) is 7.34. The Morgan fingerprint density at radius 3 is 2.52 bits per heavy atom. The summed E-state index contributed by atoms with van der Waals surface area (Å²) in [5.74, 6) is -0.0975. The average molecular weight is 345 g/mol. The average Bonchev–Trinajstić information content (AvgIpc) is 2.43. The van der Waals surface area contributed by atoms with E-state index in [-0.39, 0.29) is 21.9 Å². The highest BCUT2D eigenvalue weighted by molar-refractivity contribution is 6.36. The summed E-state index contributed by atoms with van der Waals surface area (Å²) in [6, 6.07) is 4.71. The molecule has 2 aromatic rings. The van der Waals surface area contributed by atoms with Crippen molar-refractivity contribution in [1.82, 2.24) is 9.97 Å². The van der Waals surface area contributed by atoms with Crippen LogP contribution in [0.1, 0.15) is 28.7 Å². The van der Waals surface area contributed by atoms with Crippen LogP contribution in [0.3, 0.4) is 0 Å². The highest BCUT2D eigenvalue weighted by atomic mass is 35.5. The fourth-order valence-corrected chi connectivity index (χ4v) is 2.32. The maximum absolute atomic E-state index is 12.3. The molecule has 2 rings (SSSR count). The van der Waals surface area contributed by atoms with Gasteiger partial charge in [-0.15, -0.1) is 0 Å². The Kier molecular flexibility index (Phi) is 5.04. The van der Waals surface area contributed by atoms with Gasteiger partial charge in [-0.2, -0.15) is 0 Å². The number of halogens is 3. The maximum atomic E-state index is 12.3. The van der Waals surface area contributed by atoms with E-state index < -0.39 is 0 Å². The number of aromatic nitrogens is 2. The summed E-state index contributed by atoms with van der Waals surface area (Å²) in [6.45, 7) is 3.66. The molecule has 7 heteroatoms. The second-order valence-electron chi connectivity index (χ2n) is 4.36. The summed E-state index contributed by atoms with van der Waals surface area (Å²) >= 11 is 17.8. The lowest BCUT2D eigenvalue weighted by molar-refractivity contribution is 0.102. The number of carbonyl (C=O) groups is 1. The number of nitrogens with one attached hydrogen (secondary N) is 1. The normalized spacial score (nSPS) is 10.5. The lowest BCUT2D eigenvalue weighted by atomic mass is 10.2. The van der Waals surface area contributed by atoms with Crippen LogP contribution in [0.5, 0.6) is 0 Å². The summed E-state index contributed by atoms with van der Waals surface area (Å²) in [6.07, 6.45) is 0.680. The number of carbonyl (C=O) groups excluding carboxylic acids is 1. The van der Waals surface area contributed by atoms with Crippen LogP contribution in [0.4, 0.5) is 5.82 Å². The molecule has 2 aromatic heterocycles. The van der Waals surface area contributed by atoms with E-state index in [2.05, 4.69) is 15.3 Å². The van der Waals surface area contributed by atoms with Crippen molar-refractivity contribution in [3.05, 3.63) is 50.3 Å². The Morgan fingerprint density at radius 1 is 1.14 bits per heavy atom. The van der Waals surface area contributed by atoms with Crippen LogP contribution in [0.15, 0.2) is 18.2 Å². The smallest absolute Gasteiger partial charge is 0.257 e. The largest absolute Gasteiger partial charge is 0.305 e. The number of rotatable bonds is 3. The van der Waals surface area contributed by atoms with Gasteiger partial charge >= 0.3 is 0 Å². The molecule has 0 bridgehead atoms. The van der Waals surface area contributed by atoms with Gasteiger partial charge in [0, 0.05) is 11.3 Å². The first-order valence-electron chi connectivity index (χ1n) is 6.21. The molecule has 0 saturated heterocycles. The van der Waals surface area contributed by atoms with E-state index in [0.717, 1.165) is 5.69 Å². The molecule has 21 heavy (non-hydrogen) atoms. The molecule has 0 saturated carbocycles. The molecule has 0 aliphatic heterocycles. The van der Waals surface area contributed by atoms with Gasteiger partial charge in [-0.1, -0.05) is 41.7 Å². The van der Waals surface area contributed by atoms with Crippen LogP contribution in [0.25, 0.3) is 0 Å². The van der Waals surface area contributed by atoms with Crippen molar-refractivity contribution in [2.75, 3.05) is 5.32 Å². The molecule has 110 valence electrons. The molecule has 1 N–H and O–H groups in total. The molecule has 0 spiro atoms. The summed E-state index contributed by atoms with van der Waals surface area (Å²) in [5.41, 5.74) is 1.72. The lowest BCUT2D eigenvalue weighted by Crippen LogP contribution is -2.14. The standard InChI is InChI=1S/C14H12Cl3N3O/c1-3-9-4-8(5-12(17)19-9)14(21)20-13-11(16)6-10(15)7(2)18-13/h4-6H,3H2,1-2H3,(H,18,20,21). The molecule has 0 aromatic carbocycles. The van der Waals surface area contributed by atoms with Crippen molar-refractivity contribution >= 4 is 46.5 Å². The van der Waals surface area contributed by atoms with E-state index in [1.165, 1.54) is 12.1 Å². The molecule has 2 heterocycles. The van der Waals surface area contributed by atoms with Crippen molar-refractivity contribution in [1.29, 1.82) is 0 Å². The Hall–Kier alpha value is -1.36. The van der Waals surface area contributed by atoms with Crippen LogP contribution in [-0.2, 0) is 6.42 Å². The molecule has 1 amide bonds. The number of nitrogens with zero attached hydrogens (tertiary/aromatic N) is 2. The molecule has 0 fully saturated rings. The highest BCUT2D eigenvalue weighted by Crippen LogP contribution is 2.26. The van der Waals surface area contributed by atoms with Crippen molar-refractivity contribution < 1.29 is 4.79 Å². The van der Waals surface area contributed by atoms with Gasteiger partial charge in [0.25, 0.3) is 5.91 Å². The minimum absolute atomic E-state index is 0.259. The Morgan fingerprint density at radius 2 is 1.86 bits per heavy atom. The SMILES string of the molecule is CCc1cc(C(=O)Nc2nc(C)c(Cl)cc2Cl)cc(Cl)n1. The van der Waals surface area contributed by atoms with Crippen LogP contribution in [0.2, 0.25) is 15.2 Å². The number of amides is 1. The van der Waals surface area contributed by atoms with E-state index in [0.29, 0.717) is 22.7 Å². The van der Waals surface area contributed by atoms with Crippen LogP contribution in [0, 0.1) is 6.92 Å². The quantitative estimate of drug-likeness (QED) is 0.830. The van der Waals surface area contributed by atoms with Gasteiger partial charge in [0.2, 0.25) is 0 Å². The van der Waals surface area contributed by atoms with Gasteiger partial charge in [-0.25, -0.2) is 9.97 Å². The number of aryl methyl sites for hydroxylation is 2. The van der Waals surface area contributed by atoms with Gasteiger partial charge in [0.05, 0.1) is 15.7 Å². The summed E-state index contributed by atoms with van der Waals surface area (Å²) in [7, 11) is 0. The minimum atomic E-state index is -0.356. The number of hydrogen-bond acceptors (Lipinski definition) is 3. The number of hydrogen-bond donors (Lipinski definition) is 1. The maximum Gasteiger partial charge on any atom is 0.257 e. The molecular formula is C14H12Cl3N3O. The van der Waals surface area contributed by atoms with E-state index in [9.17, 15) is 4.79 Å². The zero-order chi connectivity index (χ0) is 15.6. The molecule has 0 radical (unpaired) electrons. The number of anilines is 1. The Bertz CT molecular complexity index is 704. The molecule has 0 aliphatic carbocycles.